The SMILES string of the molecule is Cc1ccc(OCC(=O)Nc2ccc(Nc3ccc(N(C)C)cc3)nc2)cc1. The molecule has 144 valence electrons. The van der Waals surface area contributed by atoms with E-state index < -0.39 is 0 Å². The Morgan fingerprint density at radius 2 is 1.64 bits per heavy atom. The van der Waals surface area contributed by atoms with Gasteiger partial charge in [-0.25, -0.2) is 4.98 Å². The minimum absolute atomic E-state index is 0.0543. The summed E-state index contributed by atoms with van der Waals surface area (Å²) in [5, 5.41) is 6.01. The number of carbonyl (C=O) groups excluding carboxylic acids is 1. The second-order valence-corrected chi connectivity index (χ2v) is 6.65. The van der Waals surface area contributed by atoms with Gasteiger partial charge in [0.2, 0.25) is 0 Å². The van der Waals surface area contributed by atoms with Gasteiger partial charge in [-0.05, 0) is 55.5 Å². The van der Waals surface area contributed by atoms with Gasteiger partial charge in [0.1, 0.15) is 11.6 Å². The second kappa shape index (κ2) is 8.90. The van der Waals surface area contributed by atoms with Crippen LogP contribution in [0.1, 0.15) is 5.56 Å². The lowest BCUT2D eigenvalue weighted by atomic mass is 10.2. The number of nitrogens with one attached hydrogen (secondary N) is 2. The van der Waals surface area contributed by atoms with E-state index in [1.54, 1.807) is 12.3 Å². The Morgan fingerprint density at radius 1 is 0.964 bits per heavy atom. The van der Waals surface area contributed by atoms with Crippen LogP contribution in [0.2, 0.25) is 0 Å². The third kappa shape index (κ3) is 5.48. The quantitative estimate of drug-likeness (QED) is 0.646. The lowest BCUT2D eigenvalue weighted by molar-refractivity contribution is -0.118. The monoisotopic (exact) mass is 376 g/mol. The van der Waals surface area contributed by atoms with E-state index in [0.29, 0.717) is 17.3 Å². The van der Waals surface area contributed by atoms with Gasteiger partial charge in [-0.3, -0.25) is 4.79 Å². The Balaban J connectivity index is 1.50. The highest BCUT2D eigenvalue weighted by atomic mass is 16.5. The van der Waals surface area contributed by atoms with Crippen molar-refractivity contribution in [2.24, 2.45) is 0 Å². The number of hydrogen-bond donors (Lipinski definition) is 2. The zero-order chi connectivity index (χ0) is 19.9. The largest absolute Gasteiger partial charge is 0.484 e. The number of nitrogens with zero attached hydrogens (tertiary/aromatic N) is 2. The number of benzene rings is 2. The van der Waals surface area contributed by atoms with Crippen molar-refractivity contribution >= 4 is 28.8 Å². The van der Waals surface area contributed by atoms with E-state index in [1.165, 1.54) is 0 Å². The van der Waals surface area contributed by atoms with E-state index in [1.807, 2.05) is 80.5 Å². The van der Waals surface area contributed by atoms with Crippen molar-refractivity contribution in [1.29, 1.82) is 0 Å². The van der Waals surface area contributed by atoms with Crippen LogP contribution in [0.4, 0.5) is 22.9 Å². The van der Waals surface area contributed by atoms with Gasteiger partial charge in [-0.2, -0.15) is 0 Å². The Kier molecular flexibility index (Phi) is 6.11. The molecule has 0 aliphatic rings. The summed E-state index contributed by atoms with van der Waals surface area (Å²) in [6.45, 7) is 1.95. The number of ether oxygens (including phenoxy) is 1. The molecular weight excluding hydrogens is 352 g/mol. The van der Waals surface area contributed by atoms with Crippen LogP contribution in [0.5, 0.6) is 5.75 Å². The van der Waals surface area contributed by atoms with E-state index in [-0.39, 0.29) is 12.5 Å². The zero-order valence-electron chi connectivity index (χ0n) is 16.3. The predicted molar refractivity (Wildman–Crippen MR) is 114 cm³/mol. The van der Waals surface area contributed by atoms with Gasteiger partial charge < -0.3 is 20.3 Å². The van der Waals surface area contributed by atoms with Gasteiger partial charge in [-0.15, -0.1) is 0 Å². The first-order valence-electron chi connectivity index (χ1n) is 8.99. The van der Waals surface area contributed by atoms with Crippen LogP contribution in [-0.2, 0) is 4.79 Å². The number of amides is 1. The topological polar surface area (TPSA) is 66.5 Å². The van der Waals surface area contributed by atoms with Gasteiger partial charge in [0.25, 0.3) is 5.91 Å². The van der Waals surface area contributed by atoms with Gasteiger partial charge in [0, 0.05) is 25.5 Å². The lowest BCUT2D eigenvalue weighted by Gasteiger charge is -2.13. The smallest absolute Gasteiger partial charge is 0.262 e. The molecule has 6 nitrogen and oxygen atoms in total. The molecule has 1 heterocycles. The summed E-state index contributed by atoms with van der Waals surface area (Å²) in [7, 11) is 4.01. The highest BCUT2D eigenvalue weighted by Gasteiger charge is 2.05. The summed E-state index contributed by atoms with van der Waals surface area (Å²) < 4.78 is 5.48. The first-order valence-corrected chi connectivity index (χ1v) is 8.99. The van der Waals surface area contributed by atoms with Crippen LogP contribution < -0.4 is 20.3 Å². The van der Waals surface area contributed by atoms with Crippen molar-refractivity contribution < 1.29 is 9.53 Å². The normalized spacial score (nSPS) is 10.2. The van der Waals surface area contributed by atoms with Crippen LogP contribution in [0.15, 0.2) is 66.9 Å². The molecule has 6 heteroatoms. The van der Waals surface area contributed by atoms with Gasteiger partial charge >= 0.3 is 0 Å². The molecule has 1 amide bonds. The third-order valence-corrected chi connectivity index (χ3v) is 4.09. The van der Waals surface area contributed by atoms with E-state index >= 15 is 0 Å². The van der Waals surface area contributed by atoms with Crippen molar-refractivity contribution in [2.45, 2.75) is 6.92 Å². The van der Waals surface area contributed by atoms with Crippen molar-refractivity contribution in [3.05, 3.63) is 72.4 Å². The van der Waals surface area contributed by atoms with E-state index in [2.05, 4.69) is 15.6 Å². The first kappa shape index (κ1) is 19.2. The molecule has 0 saturated carbocycles. The molecule has 3 rings (SSSR count). The van der Waals surface area contributed by atoms with Crippen molar-refractivity contribution in [2.75, 3.05) is 36.2 Å². The molecule has 1 aromatic heterocycles. The molecule has 0 unspecified atom stereocenters. The fourth-order valence-corrected chi connectivity index (χ4v) is 2.51. The molecule has 2 N–H and O–H groups in total. The maximum atomic E-state index is 12.0. The molecular formula is C22H24N4O2. The van der Waals surface area contributed by atoms with Crippen molar-refractivity contribution in [1.82, 2.24) is 4.98 Å². The second-order valence-electron chi connectivity index (χ2n) is 6.65. The zero-order valence-corrected chi connectivity index (χ0v) is 16.3. The molecule has 3 aromatic rings. The van der Waals surface area contributed by atoms with Gasteiger partial charge in [0.15, 0.2) is 6.61 Å². The Bertz CT molecular complexity index is 905. The molecule has 28 heavy (non-hydrogen) atoms. The van der Waals surface area contributed by atoms with Crippen LogP contribution in [0.25, 0.3) is 0 Å². The van der Waals surface area contributed by atoms with E-state index in [9.17, 15) is 4.79 Å². The summed E-state index contributed by atoms with van der Waals surface area (Å²) in [5.41, 5.74) is 3.84. The first-order chi connectivity index (χ1) is 13.5. The molecule has 0 atom stereocenters. The summed E-state index contributed by atoms with van der Waals surface area (Å²) in [4.78, 5) is 18.4. The number of aromatic nitrogens is 1. The third-order valence-electron chi connectivity index (χ3n) is 4.09. The Hall–Kier alpha value is -3.54. The van der Waals surface area contributed by atoms with Crippen LogP contribution >= 0.6 is 0 Å². The average Bonchev–Trinajstić information content (AvgIpc) is 2.69. The predicted octanol–water partition coefficient (Wildman–Crippen LogP) is 4.22. The standard InChI is InChI=1S/C22H24N4O2/c1-16-4-11-20(12-5-16)28-15-22(27)25-18-8-13-21(23-14-18)24-17-6-9-19(10-7-17)26(2)3/h4-14H,15H2,1-3H3,(H,23,24)(H,25,27). The fourth-order valence-electron chi connectivity index (χ4n) is 2.51. The molecule has 0 radical (unpaired) electrons. The highest BCUT2D eigenvalue weighted by molar-refractivity contribution is 5.91. The Labute approximate surface area is 165 Å². The number of pyridine rings is 1. The number of aryl methyl sites for hydroxylation is 1. The van der Waals surface area contributed by atoms with Crippen LogP contribution in [0.3, 0.4) is 0 Å². The Morgan fingerprint density at radius 3 is 2.25 bits per heavy atom. The van der Waals surface area contributed by atoms with Crippen LogP contribution in [-0.4, -0.2) is 31.6 Å². The molecule has 2 aromatic carbocycles. The summed E-state index contributed by atoms with van der Waals surface area (Å²) in [5.74, 6) is 1.13. The number of carbonyl (C=O) groups is 1. The lowest BCUT2D eigenvalue weighted by Crippen LogP contribution is -2.20. The molecule has 0 saturated heterocycles. The van der Waals surface area contributed by atoms with E-state index in [0.717, 1.165) is 16.9 Å². The van der Waals surface area contributed by atoms with Gasteiger partial charge in [0.05, 0.1) is 11.9 Å². The van der Waals surface area contributed by atoms with Crippen LogP contribution in [0, 0.1) is 6.92 Å². The number of hydrogen-bond acceptors (Lipinski definition) is 5. The fraction of sp³-hybridized carbons (Fsp3) is 0.182. The minimum Gasteiger partial charge on any atom is -0.484 e. The average molecular weight is 376 g/mol. The maximum Gasteiger partial charge on any atom is 0.262 e. The molecule has 0 aliphatic heterocycles. The number of rotatable bonds is 7. The number of anilines is 4. The molecule has 0 fully saturated rings. The molecule has 0 bridgehead atoms. The summed E-state index contributed by atoms with van der Waals surface area (Å²) >= 11 is 0. The molecule has 0 spiro atoms. The van der Waals surface area contributed by atoms with Crippen molar-refractivity contribution in [3.63, 3.8) is 0 Å². The maximum absolute atomic E-state index is 12.0. The summed E-state index contributed by atoms with van der Waals surface area (Å²) in [6.07, 6.45) is 1.61. The molecule has 0 aliphatic carbocycles. The van der Waals surface area contributed by atoms with Crippen molar-refractivity contribution in [3.8, 4) is 5.75 Å². The van der Waals surface area contributed by atoms with E-state index in [4.69, 9.17) is 4.74 Å². The highest BCUT2D eigenvalue weighted by Crippen LogP contribution is 2.20. The minimum atomic E-state index is -0.234. The summed E-state index contributed by atoms with van der Waals surface area (Å²) in [6, 6.07) is 19.2. The van der Waals surface area contributed by atoms with Gasteiger partial charge in [-0.1, -0.05) is 17.7 Å².